The quantitative estimate of drug-likeness (QED) is 0.703. The predicted octanol–water partition coefficient (Wildman–Crippen LogP) is 0.376. The molecule has 8 heteroatoms. The molecule has 1 saturated heterocycles. The SMILES string of the molecule is CSc1cn([C@@H]2C[C@H](O)[C@@H](CO)O2)c2ncnc(N)c12. The van der Waals surface area contributed by atoms with Crippen molar-refractivity contribution < 1.29 is 14.9 Å². The first-order chi connectivity index (χ1) is 9.65. The van der Waals surface area contributed by atoms with E-state index in [2.05, 4.69) is 9.97 Å². The lowest BCUT2D eigenvalue weighted by Gasteiger charge is -2.14. The zero-order valence-corrected chi connectivity index (χ0v) is 11.7. The van der Waals surface area contributed by atoms with E-state index in [-0.39, 0.29) is 12.8 Å². The molecular formula is C12H16N4O3S. The van der Waals surface area contributed by atoms with Gasteiger partial charge in [0.1, 0.15) is 30.1 Å². The average Bonchev–Trinajstić information content (AvgIpc) is 3.00. The predicted molar refractivity (Wildman–Crippen MR) is 75.3 cm³/mol. The molecule has 0 aromatic carbocycles. The molecule has 4 N–H and O–H groups in total. The molecule has 1 fully saturated rings. The fraction of sp³-hybridized carbons (Fsp3) is 0.500. The van der Waals surface area contributed by atoms with Crippen molar-refractivity contribution in [3.8, 4) is 0 Å². The number of fused-ring (bicyclic) bond motifs is 1. The van der Waals surface area contributed by atoms with Gasteiger partial charge in [-0.2, -0.15) is 0 Å². The van der Waals surface area contributed by atoms with Gasteiger partial charge in [-0.3, -0.25) is 0 Å². The first-order valence-electron chi connectivity index (χ1n) is 6.25. The van der Waals surface area contributed by atoms with Crippen LogP contribution in [-0.4, -0.2) is 49.8 Å². The van der Waals surface area contributed by atoms with Crippen LogP contribution in [0.15, 0.2) is 17.4 Å². The van der Waals surface area contributed by atoms with Crippen LogP contribution in [-0.2, 0) is 4.74 Å². The smallest absolute Gasteiger partial charge is 0.148 e. The maximum Gasteiger partial charge on any atom is 0.148 e. The summed E-state index contributed by atoms with van der Waals surface area (Å²) < 4.78 is 7.51. The monoisotopic (exact) mass is 296 g/mol. The molecule has 2 aromatic heterocycles. The van der Waals surface area contributed by atoms with Gasteiger partial charge in [0, 0.05) is 17.5 Å². The van der Waals surface area contributed by atoms with E-state index >= 15 is 0 Å². The van der Waals surface area contributed by atoms with Crippen LogP contribution < -0.4 is 5.73 Å². The van der Waals surface area contributed by atoms with Gasteiger partial charge >= 0.3 is 0 Å². The molecule has 7 nitrogen and oxygen atoms in total. The van der Waals surface area contributed by atoms with Crippen molar-refractivity contribution in [2.24, 2.45) is 0 Å². The van der Waals surface area contributed by atoms with Crippen LogP contribution in [0.3, 0.4) is 0 Å². The van der Waals surface area contributed by atoms with E-state index in [1.807, 2.05) is 17.0 Å². The van der Waals surface area contributed by atoms with Gasteiger partial charge in [-0.15, -0.1) is 11.8 Å². The number of rotatable bonds is 3. The van der Waals surface area contributed by atoms with Crippen LogP contribution in [0, 0.1) is 0 Å². The molecule has 3 atom stereocenters. The van der Waals surface area contributed by atoms with E-state index in [9.17, 15) is 5.11 Å². The first-order valence-corrected chi connectivity index (χ1v) is 7.47. The van der Waals surface area contributed by atoms with Crippen molar-refractivity contribution >= 4 is 28.6 Å². The number of hydrogen-bond donors (Lipinski definition) is 3. The highest BCUT2D eigenvalue weighted by atomic mass is 32.2. The molecule has 3 rings (SSSR count). The van der Waals surface area contributed by atoms with Gasteiger partial charge in [0.2, 0.25) is 0 Å². The Morgan fingerprint density at radius 2 is 2.35 bits per heavy atom. The molecule has 2 aromatic rings. The molecule has 20 heavy (non-hydrogen) atoms. The number of nitrogens with two attached hydrogens (primary N) is 1. The van der Waals surface area contributed by atoms with Gasteiger partial charge in [0.05, 0.1) is 18.1 Å². The van der Waals surface area contributed by atoms with E-state index in [4.69, 9.17) is 15.6 Å². The van der Waals surface area contributed by atoms with Crippen LogP contribution in [0.2, 0.25) is 0 Å². The number of nitrogen functional groups attached to an aromatic ring is 1. The summed E-state index contributed by atoms with van der Waals surface area (Å²) in [5, 5.41) is 19.8. The lowest BCUT2D eigenvalue weighted by atomic mass is 10.2. The topological polar surface area (TPSA) is 106 Å². The molecule has 108 valence electrons. The van der Waals surface area contributed by atoms with Crippen molar-refractivity contribution in [1.29, 1.82) is 0 Å². The van der Waals surface area contributed by atoms with Gasteiger partial charge in [0.15, 0.2) is 0 Å². The molecule has 0 spiro atoms. The number of ether oxygens (including phenoxy) is 1. The number of anilines is 1. The number of thioether (sulfide) groups is 1. The summed E-state index contributed by atoms with van der Waals surface area (Å²) >= 11 is 1.55. The summed E-state index contributed by atoms with van der Waals surface area (Å²) in [4.78, 5) is 9.24. The Morgan fingerprint density at radius 3 is 3.00 bits per heavy atom. The Balaban J connectivity index is 2.07. The second-order valence-electron chi connectivity index (χ2n) is 4.68. The van der Waals surface area contributed by atoms with E-state index in [1.165, 1.54) is 6.33 Å². The van der Waals surface area contributed by atoms with Crippen molar-refractivity contribution in [2.75, 3.05) is 18.6 Å². The minimum atomic E-state index is -0.681. The summed E-state index contributed by atoms with van der Waals surface area (Å²) in [6.07, 6.45) is 4.07. The number of aliphatic hydroxyl groups is 2. The second-order valence-corrected chi connectivity index (χ2v) is 5.53. The third-order valence-corrected chi connectivity index (χ3v) is 4.27. The summed E-state index contributed by atoms with van der Waals surface area (Å²) in [5.74, 6) is 0.426. The van der Waals surface area contributed by atoms with Gasteiger partial charge < -0.3 is 25.3 Å². The van der Waals surface area contributed by atoms with Crippen LogP contribution in [0.4, 0.5) is 5.82 Å². The Kier molecular flexibility index (Phi) is 3.55. The number of hydrogen-bond acceptors (Lipinski definition) is 7. The normalized spacial score (nSPS) is 26.4. The summed E-state index contributed by atoms with van der Waals surface area (Å²) in [7, 11) is 0. The third kappa shape index (κ3) is 2.05. The molecule has 0 aliphatic carbocycles. The Morgan fingerprint density at radius 1 is 1.55 bits per heavy atom. The molecule has 0 amide bonds. The van der Waals surface area contributed by atoms with Gasteiger partial charge in [-0.05, 0) is 6.26 Å². The van der Waals surface area contributed by atoms with Crippen LogP contribution in [0.25, 0.3) is 11.0 Å². The van der Waals surface area contributed by atoms with Crippen molar-refractivity contribution in [3.05, 3.63) is 12.5 Å². The average molecular weight is 296 g/mol. The minimum Gasteiger partial charge on any atom is -0.394 e. The van der Waals surface area contributed by atoms with Crippen LogP contribution >= 0.6 is 11.8 Å². The number of aromatic nitrogens is 3. The number of aliphatic hydroxyl groups excluding tert-OH is 2. The Hall–Kier alpha value is -1.35. The van der Waals surface area contributed by atoms with Crippen molar-refractivity contribution in [3.63, 3.8) is 0 Å². The molecule has 0 unspecified atom stereocenters. The Labute approximate surface area is 119 Å². The van der Waals surface area contributed by atoms with Gasteiger partial charge in [-0.25, -0.2) is 9.97 Å². The zero-order chi connectivity index (χ0) is 14.3. The fourth-order valence-electron chi connectivity index (χ4n) is 2.50. The highest BCUT2D eigenvalue weighted by molar-refractivity contribution is 7.98. The summed E-state index contributed by atoms with van der Waals surface area (Å²) in [6.45, 7) is -0.205. The van der Waals surface area contributed by atoms with E-state index < -0.39 is 12.2 Å². The molecule has 0 bridgehead atoms. The van der Waals surface area contributed by atoms with Gasteiger partial charge in [0.25, 0.3) is 0 Å². The van der Waals surface area contributed by atoms with E-state index in [1.54, 1.807) is 11.8 Å². The lowest BCUT2D eigenvalue weighted by molar-refractivity contribution is -0.0431. The van der Waals surface area contributed by atoms with Crippen LogP contribution in [0.5, 0.6) is 0 Å². The molecule has 0 radical (unpaired) electrons. The third-order valence-electron chi connectivity index (χ3n) is 3.52. The lowest BCUT2D eigenvalue weighted by Crippen LogP contribution is -2.24. The molecule has 1 aliphatic rings. The highest BCUT2D eigenvalue weighted by Crippen LogP contribution is 2.36. The minimum absolute atomic E-state index is 0.205. The molecule has 1 aliphatic heterocycles. The summed E-state index contributed by atoms with van der Waals surface area (Å²) in [5.41, 5.74) is 6.60. The maximum absolute atomic E-state index is 9.85. The standard InChI is InChI=1S/C12H16N4O3S/c1-20-8-3-16(9-2-6(18)7(4-17)19-9)12-10(8)11(13)14-5-15-12/h3,5-7,9,17-18H,2,4H2,1H3,(H2,13,14,15)/t6-,7+,9-/m0/s1. The largest absolute Gasteiger partial charge is 0.394 e. The van der Waals surface area contributed by atoms with Crippen molar-refractivity contribution in [1.82, 2.24) is 14.5 Å². The first kappa shape index (κ1) is 13.6. The van der Waals surface area contributed by atoms with E-state index in [0.29, 0.717) is 17.9 Å². The van der Waals surface area contributed by atoms with E-state index in [0.717, 1.165) is 10.3 Å². The van der Waals surface area contributed by atoms with Crippen LogP contribution in [0.1, 0.15) is 12.6 Å². The molecule has 3 heterocycles. The molecular weight excluding hydrogens is 280 g/mol. The number of nitrogens with zero attached hydrogens (tertiary/aromatic N) is 3. The second kappa shape index (κ2) is 5.21. The molecule has 0 saturated carbocycles. The highest BCUT2D eigenvalue weighted by Gasteiger charge is 2.35. The zero-order valence-electron chi connectivity index (χ0n) is 10.9. The fourth-order valence-corrected chi connectivity index (χ4v) is 3.12. The maximum atomic E-state index is 9.85. The van der Waals surface area contributed by atoms with Gasteiger partial charge in [-0.1, -0.05) is 0 Å². The Bertz CT molecular complexity index is 632. The summed E-state index contributed by atoms with van der Waals surface area (Å²) in [6, 6.07) is 0. The van der Waals surface area contributed by atoms with Crippen molar-refractivity contribution in [2.45, 2.75) is 29.8 Å².